The molecule has 1 fully saturated rings. The Labute approximate surface area is 99.7 Å². The maximum atomic E-state index is 9.03. The molecular formula is C11H16N4S. The summed E-state index contributed by atoms with van der Waals surface area (Å²) in [6.45, 7) is 6.43. The molecule has 16 heavy (non-hydrogen) atoms. The number of thiazole rings is 1. The van der Waals surface area contributed by atoms with Crippen LogP contribution in [0.25, 0.3) is 0 Å². The molecule has 0 aromatic carbocycles. The highest BCUT2D eigenvalue weighted by Crippen LogP contribution is 2.31. The lowest BCUT2D eigenvalue weighted by Gasteiger charge is -2.35. The fourth-order valence-corrected chi connectivity index (χ4v) is 3.10. The van der Waals surface area contributed by atoms with Crippen LogP contribution in [0, 0.1) is 23.2 Å². The fourth-order valence-electron chi connectivity index (χ4n) is 2.45. The monoisotopic (exact) mass is 236 g/mol. The highest BCUT2D eigenvalue weighted by atomic mass is 32.1. The van der Waals surface area contributed by atoms with E-state index in [1.165, 1.54) is 17.8 Å². The number of nitrogen functional groups attached to an aromatic ring is 1. The molecule has 0 saturated carbocycles. The van der Waals surface area contributed by atoms with Gasteiger partial charge in [-0.25, -0.2) is 4.98 Å². The van der Waals surface area contributed by atoms with Gasteiger partial charge in [0.2, 0.25) is 0 Å². The quantitative estimate of drug-likeness (QED) is 0.810. The topological polar surface area (TPSA) is 65.9 Å². The van der Waals surface area contributed by atoms with Crippen LogP contribution in [-0.4, -0.2) is 18.1 Å². The SMILES string of the molecule is CC1CC(C)CN(c2nc(N)sc2C#N)C1. The molecule has 1 aliphatic rings. The molecule has 1 aromatic rings. The first-order valence-corrected chi connectivity index (χ1v) is 6.33. The second-order valence-corrected chi connectivity index (χ2v) is 5.70. The van der Waals surface area contributed by atoms with E-state index in [0.717, 1.165) is 18.9 Å². The van der Waals surface area contributed by atoms with Crippen LogP contribution in [0.1, 0.15) is 25.1 Å². The van der Waals surface area contributed by atoms with Crippen molar-refractivity contribution in [2.24, 2.45) is 11.8 Å². The molecular weight excluding hydrogens is 220 g/mol. The molecule has 2 unspecified atom stereocenters. The molecule has 1 aromatic heterocycles. The second kappa shape index (κ2) is 4.30. The first kappa shape index (κ1) is 11.2. The lowest BCUT2D eigenvalue weighted by molar-refractivity contribution is 0.355. The maximum absolute atomic E-state index is 9.03. The van der Waals surface area contributed by atoms with Gasteiger partial charge in [0.05, 0.1) is 0 Å². The predicted molar refractivity (Wildman–Crippen MR) is 66.4 cm³/mol. The van der Waals surface area contributed by atoms with Gasteiger partial charge in [0.25, 0.3) is 0 Å². The Hall–Kier alpha value is -1.28. The minimum absolute atomic E-state index is 0.484. The number of piperidine rings is 1. The van der Waals surface area contributed by atoms with Gasteiger partial charge in [-0.2, -0.15) is 5.26 Å². The Bertz CT molecular complexity index is 410. The molecule has 2 heterocycles. The van der Waals surface area contributed by atoms with Crippen LogP contribution >= 0.6 is 11.3 Å². The Balaban J connectivity index is 2.26. The smallest absolute Gasteiger partial charge is 0.183 e. The summed E-state index contributed by atoms with van der Waals surface area (Å²) in [7, 11) is 0. The third-order valence-corrected chi connectivity index (χ3v) is 3.67. The number of rotatable bonds is 1. The Morgan fingerprint density at radius 3 is 2.62 bits per heavy atom. The fraction of sp³-hybridized carbons (Fsp3) is 0.636. The molecule has 1 saturated heterocycles. The Morgan fingerprint density at radius 1 is 1.44 bits per heavy atom. The zero-order chi connectivity index (χ0) is 11.7. The van der Waals surface area contributed by atoms with Crippen LogP contribution in [0.3, 0.4) is 0 Å². The maximum Gasteiger partial charge on any atom is 0.183 e. The normalized spacial score (nSPS) is 25.4. The van der Waals surface area contributed by atoms with Crippen molar-refractivity contribution in [2.75, 3.05) is 23.7 Å². The molecule has 2 N–H and O–H groups in total. The second-order valence-electron chi connectivity index (χ2n) is 4.67. The molecule has 0 spiro atoms. The summed E-state index contributed by atoms with van der Waals surface area (Å²) in [6.07, 6.45) is 1.25. The zero-order valence-electron chi connectivity index (χ0n) is 9.60. The van der Waals surface area contributed by atoms with Gasteiger partial charge in [0.1, 0.15) is 6.07 Å². The van der Waals surface area contributed by atoms with Crippen molar-refractivity contribution in [2.45, 2.75) is 20.3 Å². The van der Waals surface area contributed by atoms with E-state index in [-0.39, 0.29) is 0 Å². The van der Waals surface area contributed by atoms with Crippen LogP contribution in [-0.2, 0) is 0 Å². The molecule has 4 nitrogen and oxygen atoms in total. The van der Waals surface area contributed by atoms with Crippen molar-refractivity contribution >= 4 is 22.3 Å². The van der Waals surface area contributed by atoms with Crippen LogP contribution in [0.15, 0.2) is 0 Å². The molecule has 86 valence electrons. The lowest BCUT2D eigenvalue weighted by Crippen LogP contribution is -2.39. The van der Waals surface area contributed by atoms with Crippen molar-refractivity contribution in [3.8, 4) is 6.07 Å². The Morgan fingerprint density at radius 2 is 2.06 bits per heavy atom. The molecule has 2 atom stereocenters. The van der Waals surface area contributed by atoms with E-state index in [1.807, 2.05) is 0 Å². The van der Waals surface area contributed by atoms with Gasteiger partial charge in [-0.05, 0) is 18.3 Å². The van der Waals surface area contributed by atoms with Crippen LogP contribution in [0.5, 0.6) is 0 Å². The van der Waals surface area contributed by atoms with Gasteiger partial charge in [-0.15, -0.1) is 0 Å². The molecule has 0 aliphatic carbocycles. The van der Waals surface area contributed by atoms with E-state index >= 15 is 0 Å². The summed E-state index contributed by atoms with van der Waals surface area (Å²) in [5, 5.41) is 9.52. The van der Waals surface area contributed by atoms with Crippen LogP contribution < -0.4 is 10.6 Å². The van der Waals surface area contributed by atoms with Crippen molar-refractivity contribution in [1.82, 2.24) is 4.98 Å². The van der Waals surface area contributed by atoms with Crippen molar-refractivity contribution in [3.05, 3.63) is 4.88 Å². The molecule has 0 bridgehead atoms. The third kappa shape index (κ3) is 2.12. The Kier molecular flexibility index (Phi) is 3.01. The average molecular weight is 236 g/mol. The van der Waals surface area contributed by atoms with E-state index < -0.39 is 0 Å². The summed E-state index contributed by atoms with van der Waals surface area (Å²) >= 11 is 1.27. The number of hydrogen-bond acceptors (Lipinski definition) is 5. The largest absolute Gasteiger partial charge is 0.375 e. The lowest BCUT2D eigenvalue weighted by atomic mass is 9.92. The van der Waals surface area contributed by atoms with E-state index in [4.69, 9.17) is 11.0 Å². The standard InChI is InChI=1S/C11H16N4S/c1-7-3-8(2)6-15(5-7)10-9(4-12)16-11(13)14-10/h7-8H,3,5-6H2,1-2H3,(H2,13,14). The average Bonchev–Trinajstić information content (AvgIpc) is 2.58. The van der Waals surface area contributed by atoms with Crippen LogP contribution in [0.4, 0.5) is 10.9 Å². The molecule has 0 amide bonds. The zero-order valence-corrected chi connectivity index (χ0v) is 10.4. The van der Waals surface area contributed by atoms with Gasteiger partial charge in [-0.1, -0.05) is 25.2 Å². The molecule has 1 aliphatic heterocycles. The van der Waals surface area contributed by atoms with E-state index in [1.54, 1.807) is 0 Å². The number of anilines is 2. The first-order valence-electron chi connectivity index (χ1n) is 5.51. The number of aromatic nitrogens is 1. The first-order chi connectivity index (χ1) is 7.60. The third-order valence-electron chi connectivity index (χ3n) is 2.90. The van der Waals surface area contributed by atoms with Gasteiger partial charge in [0.15, 0.2) is 15.8 Å². The number of nitriles is 1. The van der Waals surface area contributed by atoms with Crippen molar-refractivity contribution in [1.29, 1.82) is 5.26 Å². The number of hydrogen-bond donors (Lipinski definition) is 1. The summed E-state index contributed by atoms with van der Waals surface area (Å²) in [6, 6.07) is 2.18. The van der Waals surface area contributed by atoms with E-state index in [9.17, 15) is 0 Å². The van der Waals surface area contributed by atoms with Gasteiger partial charge >= 0.3 is 0 Å². The number of nitrogens with zero attached hydrogens (tertiary/aromatic N) is 3. The molecule has 2 rings (SSSR count). The minimum atomic E-state index is 0.484. The summed E-state index contributed by atoms with van der Waals surface area (Å²) in [4.78, 5) is 7.11. The molecule has 5 heteroatoms. The van der Waals surface area contributed by atoms with Gasteiger partial charge < -0.3 is 10.6 Å². The highest BCUT2D eigenvalue weighted by molar-refractivity contribution is 7.16. The summed E-state index contributed by atoms with van der Waals surface area (Å²) < 4.78 is 0. The molecule has 0 radical (unpaired) electrons. The van der Waals surface area contributed by atoms with E-state index in [0.29, 0.717) is 21.8 Å². The van der Waals surface area contributed by atoms with E-state index in [2.05, 4.69) is 29.8 Å². The van der Waals surface area contributed by atoms with Crippen LogP contribution in [0.2, 0.25) is 0 Å². The predicted octanol–water partition coefficient (Wildman–Crippen LogP) is 2.08. The minimum Gasteiger partial charge on any atom is -0.375 e. The highest BCUT2D eigenvalue weighted by Gasteiger charge is 2.25. The summed E-state index contributed by atoms with van der Waals surface area (Å²) in [5.74, 6) is 2.08. The number of nitrogens with two attached hydrogens (primary N) is 1. The van der Waals surface area contributed by atoms with Crippen molar-refractivity contribution in [3.63, 3.8) is 0 Å². The van der Waals surface area contributed by atoms with Crippen molar-refractivity contribution < 1.29 is 0 Å². The van der Waals surface area contributed by atoms with Gasteiger partial charge in [-0.3, -0.25) is 0 Å². The summed E-state index contributed by atoms with van der Waals surface area (Å²) in [5.41, 5.74) is 5.66. The van der Waals surface area contributed by atoms with Gasteiger partial charge in [0, 0.05) is 13.1 Å².